The highest BCUT2D eigenvalue weighted by Crippen LogP contribution is 2.27. The van der Waals surface area contributed by atoms with Crippen LogP contribution in [0, 0.1) is 0 Å². The molecular weight excluding hydrogens is 350 g/mol. The zero-order valence-electron chi connectivity index (χ0n) is 13.2. The zero-order chi connectivity index (χ0) is 17.5. The molecule has 0 bridgehead atoms. The summed E-state index contributed by atoms with van der Waals surface area (Å²) in [5.74, 6) is -1.25. The Bertz CT molecular complexity index is 710. The van der Waals surface area contributed by atoms with Crippen LogP contribution < -0.4 is 10.6 Å². The first-order valence-electron chi connectivity index (χ1n) is 7.18. The molecule has 0 saturated heterocycles. The molecule has 0 aliphatic heterocycles. The maximum atomic E-state index is 11.7. The van der Waals surface area contributed by atoms with Gasteiger partial charge in [-0.3, -0.25) is 14.9 Å². The molecule has 0 unspecified atom stereocenters. The van der Waals surface area contributed by atoms with Crippen LogP contribution in [-0.4, -0.2) is 35.5 Å². The monoisotopic (exact) mass is 367 g/mol. The number of nitrogens with one attached hydrogen (secondary N) is 2. The molecule has 128 valence electrons. The van der Waals surface area contributed by atoms with Gasteiger partial charge in [0.2, 0.25) is 0 Å². The molecule has 0 aromatic carbocycles. The summed E-state index contributed by atoms with van der Waals surface area (Å²) in [5, 5.41) is 9.16. The molecule has 0 atom stereocenters. The van der Waals surface area contributed by atoms with Crippen LogP contribution in [0.5, 0.6) is 0 Å². The quantitative estimate of drug-likeness (QED) is 0.763. The number of amides is 3. The molecule has 0 aliphatic rings. The van der Waals surface area contributed by atoms with Crippen LogP contribution in [-0.2, 0) is 20.7 Å². The number of thiazole rings is 1. The Hall–Kier alpha value is -2.26. The minimum atomic E-state index is -0.681. The van der Waals surface area contributed by atoms with Crippen molar-refractivity contribution in [3.63, 3.8) is 0 Å². The molecule has 2 N–H and O–H groups in total. The van der Waals surface area contributed by atoms with Gasteiger partial charge in [-0.25, -0.2) is 9.78 Å². The Morgan fingerprint density at radius 3 is 2.75 bits per heavy atom. The van der Waals surface area contributed by atoms with Gasteiger partial charge in [-0.05, 0) is 25.3 Å². The van der Waals surface area contributed by atoms with Crippen LogP contribution in [0.3, 0.4) is 0 Å². The fourth-order valence-electron chi connectivity index (χ4n) is 1.71. The number of hydrogen-bond acceptors (Lipinski definition) is 7. The van der Waals surface area contributed by atoms with Crippen molar-refractivity contribution in [3.05, 3.63) is 28.6 Å². The van der Waals surface area contributed by atoms with Crippen LogP contribution in [0.4, 0.5) is 4.79 Å². The Morgan fingerprint density at radius 1 is 1.29 bits per heavy atom. The van der Waals surface area contributed by atoms with Crippen molar-refractivity contribution in [2.75, 3.05) is 6.61 Å². The number of carbonyl (C=O) groups excluding carboxylic acids is 3. The predicted octanol–water partition coefficient (Wildman–Crippen LogP) is 2.19. The summed E-state index contributed by atoms with van der Waals surface area (Å²) in [6, 6.07) is 3.18. The molecule has 7 nitrogen and oxygen atoms in total. The highest BCUT2D eigenvalue weighted by atomic mass is 32.1. The average Bonchev–Trinajstić information content (AvgIpc) is 3.14. The molecule has 2 aromatic heterocycles. The highest BCUT2D eigenvalue weighted by Gasteiger charge is 2.14. The number of aromatic nitrogens is 1. The SMILES string of the molecule is CC(C)NC(=O)NC(=O)COC(=O)Cc1csc(-c2cccs2)n1. The number of thiophene rings is 1. The standard InChI is InChI=1S/C15H17N3O4S2/c1-9(2)16-15(21)18-12(19)7-22-13(20)6-10-8-24-14(17-10)11-4-3-5-23-11/h3-5,8-9H,6-7H2,1-2H3,(H2,16,18,19,21). The zero-order valence-corrected chi connectivity index (χ0v) is 14.8. The first-order valence-corrected chi connectivity index (χ1v) is 8.94. The Morgan fingerprint density at radius 2 is 2.08 bits per heavy atom. The summed E-state index contributed by atoms with van der Waals surface area (Å²) in [6.07, 6.45) is -0.0205. The molecule has 3 amide bonds. The lowest BCUT2D eigenvalue weighted by molar-refractivity contribution is -0.147. The third-order valence-corrected chi connectivity index (χ3v) is 4.58. The van der Waals surface area contributed by atoms with E-state index in [4.69, 9.17) is 4.74 Å². The largest absolute Gasteiger partial charge is 0.455 e. The second-order valence-corrected chi connectivity index (χ2v) is 6.94. The van der Waals surface area contributed by atoms with Crippen LogP contribution in [0.15, 0.2) is 22.9 Å². The number of nitrogens with zero attached hydrogens (tertiary/aromatic N) is 1. The molecule has 9 heteroatoms. The average molecular weight is 367 g/mol. The normalized spacial score (nSPS) is 10.5. The third-order valence-electron chi connectivity index (χ3n) is 2.65. The van der Waals surface area contributed by atoms with E-state index in [0.29, 0.717) is 5.69 Å². The molecule has 0 aliphatic carbocycles. The third kappa shape index (κ3) is 5.74. The van der Waals surface area contributed by atoms with E-state index in [2.05, 4.69) is 15.6 Å². The minimum Gasteiger partial charge on any atom is -0.455 e. The summed E-state index contributed by atoms with van der Waals surface area (Å²) in [6.45, 7) is 3.02. The smallest absolute Gasteiger partial charge is 0.321 e. The topological polar surface area (TPSA) is 97.4 Å². The van der Waals surface area contributed by atoms with E-state index in [9.17, 15) is 14.4 Å². The Balaban J connectivity index is 1.75. The van der Waals surface area contributed by atoms with E-state index in [1.165, 1.54) is 11.3 Å². The number of hydrogen-bond donors (Lipinski definition) is 2. The van der Waals surface area contributed by atoms with Crippen molar-refractivity contribution in [2.24, 2.45) is 0 Å². The number of esters is 1. The first-order chi connectivity index (χ1) is 11.4. The van der Waals surface area contributed by atoms with Gasteiger partial charge < -0.3 is 10.1 Å². The van der Waals surface area contributed by atoms with E-state index in [-0.39, 0.29) is 12.5 Å². The van der Waals surface area contributed by atoms with Crippen molar-refractivity contribution < 1.29 is 19.1 Å². The fourth-order valence-corrected chi connectivity index (χ4v) is 3.34. The second-order valence-electron chi connectivity index (χ2n) is 5.14. The molecular formula is C15H17N3O4S2. The van der Waals surface area contributed by atoms with Gasteiger partial charge in [-0.2, -0.15) is 0 Å². The van der Waals surface area contributed by atoms with Gasteiger partial charge in [0.05, 0.1) is 17.0 Å². The first kappa shape index (κ1) is 18.1. The minimum absolute atomic E-state index is 0.0205. The van der Waals surface area contributed by atoms with Crippen LogP contribution in [0.25, 0.3) is 9.88 Å². The maximum absolute atomic E-state index is 11.7. The highest BCUT2D eigenvalue weighted by molar-refractivity contribution is 7.20. The molecule has 2 heterocycles. The number of rotatable bonds is 6. The van der Waals surface area contributed by atoms with Crippen molar-refractivity contribution in [1.82, 2.24) is 15.6 Å². The van der Waals surface area contributed by atoms with Gasteiger partial charge in [0.1, 0.15) is 5.01 Å². The van der Waals surface area contributed by atoms with E-state index in [0.717, 1.165) is 9.88 Å². The molecule has 2 aromatic rings. The number of urea groups is 1. The summed E-state index contributed by atoms with van der Waals surface area (Å²) in [7, 11) is 0. The van der Waals surface area contributed by atoms with Gasteiger partial charge in [0.25, 0.3) is 5.91 Å². The van der Waals surface area contributed by atoms with Crippen LogP contribution in [0.2, 0.25) is 0 Å². The van der Waals surface area contributed by atoms with Crippen molar-refractivity contribution in [2.45, 2.75) is 26.3 Å². The predicted molar refractivity (Wildman–Crippen MR) is 91.9 cm³/mol. The van der Waals surface area contributed by atoms with E-state index in [1.54, 1.807) is 30.6 Å². The lowest BCUT2D eigenvalue weighted by Gasteiger charge is -2.09. The van der Waals surface area contributed by atoms with Gasteiger partial charge in [-0.1, -0.05) is 6.07 Å². The van der Waals surface area contributed by atoms with Crippen LogP contribution in [0.1, 0.15) is 19.5 Å². The molecule has 0 saturated carbocycles. The Kier molecular flexibility index (Phi) is 6.44. The second kappa shape index (κ2) is 8.55. The van der Waals surface area contributed by atoms with Crippen molar-refractivity contribution in [3.8, 4) is 9.88 Å². The van der Waals surface area contributed by atoms with E-state index in [1.807, 2.05) is 17.5 Å². The molecule has 0 radical (unpaired) electrons. The number of ether oxygens (including phenoxy) is 1. The van der Waals surface area contributed by atoms with E-state index < -0.39 is 24.5 Å². The molecule has 24 heavy (non-hydrogen) atoms. The summed E-state index contributed by atoms with van der Waals surface area (Å²) < 4.78 is 4.85. The van der Waals surface area contributed by atoms with Crippen molar-refractivity contribution >= 4 is 40.6 Å². The molecule has 0 fully saturated rings. The summed E-state index contributed by atoms with van der Waals surface area (Å²) in [5.41, 5.74) is 0.589. The van der Waals surface area contributed by atoms with Crippen LogP contribution >= 0.6 is 22.7 Å². The number of carbonyl (C=O) groups is 3. The van der Waals surface area contributed by atoms with Gasteiger partial charge in [0, 0.05) is 11.4 Å². The van der Waals surface area contributed by atoms with Gasteiger partial charge >= 0.3 is 12.0 Å². The lowest BCUT2D eigenvalue weighted by Crippen LogP contribution is -2.44. The lowest BCUT2D eigenvalue weighted by atomic mass is 10.3. The number of imide groups is 1. The molecule has 0 spiro atoms. The maximum Gasteiger partial charge on any atom is 0.321 e. The van der Waals surface area contributed by atoms with Gasteiger partial charge in [0.15, 0.2) is 6.61 Å². The van der Waals surface area contributed by atoms with Crippen molar-refractivity contribution in [1.29, 1.82) is 0 Å². The van der Waals surface area contributed by atoms with E-state index >= 15 is 0 Å². The Labute approximate surface area is 147 Å². The summed E-state index contributed by atoms with van der Waals surface area (Å²) >= 11 is 3.02. The summed E-state index contributed by atoms with van der Waals surface area (Å²) in [4.78, 5) is 40.0. The van der Waals surface area contributed by atoms with Gasteiger partial charge in [-0.15, -0.1) is 22.7 Å². The molecule has 2 rings (SSSR count). The fraction of sp³-hybridized carbons (Fsp3) is 0.333.